The molecular formula is C33H43ClN6O7S. The number of rotatable bonds is 18. The number of carbonyl (C=O) groups excluding carboxylic acids is 4. The van der Waals surface area contributed by atoms with Crippen molar-refractivity contribution in [2.24, 2.45) is 11.8 Å². The SMILES string of the molecule is CCCCc1nc(Cl)c(C(=O)NCCCc2ccccc2)n1Cc1ccc(S(=O)(=O)NC(=O)CNC(=O)C(CC(C)C)C(=O)NO)cc1. The number of halogens is 1. The number of hydrogen-bond acceptors (Lipinski definition) is 8. The van der Waals surface area contributed by atoms with Gasteiger partial charge in [0.1, 0.15) is 17.4 Å². The van der Waals surface area contributed by atoms with Gasteiger partial charge in [-0.2, -0.15) is 0 Å². The van der Waals surface area contributed by atoms with E-state index in [1.165, 1.54) is 23.2 Å². The lowest BCUT2D eigenvalue weighted by molar-refractivity contribution is -0.142. The number of unbranched alkanes of at least 4 members (excludes halogenated alkanes) is 1. The molecule has 0 radical (unpaired) electrons. The molecule has 3 rings (SSSR count). The van der Waals surface area contributed by atoms with E-state index in [-0.39, 0.29) is 40.5 Å². The van der Waals surface area contributed by atoms with Gasteiger partial charge in [0, 0.05) is 19.5 Å². The Kier molecular flexibility index (Phi) is 14.6. The fraction of sp³-hybridized carbons (Fsp3) is 0.424. The van der Waals surface area contributed by atoms with Crippen molar-refractivity contribution in [2.75, 3.05) is 13.1 Å². The number of amides is 4. The molecule has 0 saturated carbocycles. The maximum absolute atomic E-state index is 13.3. The van der Waals surface area contributed by atoms with Crippen LogP contribution < -0.4 is 20.8 Å². The van der Waals surface area contributed by atoms with Gasteiger partial charge in [-0.15, -0.1) is 0 Å². The van der Waals surface area contributed by atoms with Crippen molar-refractivity contribution in [2.45, 2.75) is 70.7 Å². The third-order valence-corrected chi connectivity index (χ3v) is 9.09. The summed E-state index contributed by atoms with van der Waals surface area (Å²) in [5, 5.41) is 14.2. The van der Waals surface area contributed by atoms with Gasteiger partial charge in [0.05, 0.1) is 11.4 Å². The quantitative estimate of drug-likeness (QED) is 0.0577. The van der Waals surface area contributed by atoms with Crippen LogP contribution in [0, 0.1) is 11.8 Å². The lowest BCUT2D eigenvalue weighted by atomic mass is 9.95. The van der Waals surface area contributed by atoms with Crippen LogP contribution in [0.1, 0.15) is 73.9 Å². The van der Waals surface area contributed by atoms with Crippen LogP contribution in [0.15, 0.2) is 59.5 Å². The Morgan fingerprint density at radius 3 is 2.23 bits per heavy atom. The second-order valence-corrected chi connectivity index (χ2v) is 13.8. The minimum absolute atomic E-state index is 0.0668. The first-order valence-electron chi connectivity index (χ1n) is 15.8. The normalized spacial score (nSPS) is 12.0. The average Bonchev–Trinajstić information content (AvgIpc) is 3.37. The monoisotopic (exact) mass is 702 g/mol. The minimum atomic E-state index is -4.30. The van der Waals surface area contributed by atoms with Crippen LogP contribution in [0.5, 0.6) is 0 Å². The maximum atomic E-state index is 13.3. The van der Waals surface area contributed by atoms with Gasteiger partial charge in [-0.3, -0.25) is 24.4 Å². The topological polar surface area (TPSA) is 189 Å². The Morgan fingerprint density at radius 1 is 0.917 bits per heavy atom. The molecule has 1 aromatic heterocycles. The predicted octanol–water partition coefficient (Wildman–Crippen LogP) is 3.38. The Labute approximate surface area is 285 Å². The van der Waals surface area contributed by atoms with Crippen LogP contribution in [0.25, 0.3) is 0 Å². The molecule has 5 N–H and O–H groups in total. The third-order valence-electron chi connectivity index (χ3n) is 7.44. The highest BCUT2D eigenvalue weighted by Gasteiger charge is 2.28. The number of nitrogens with zero attached hydrogens (tertiary/aromatic N) is 2. The van der Waals surface area contributed by atoms with Crippen LogP contribution in [0.2, 0.25) is 5.15 Å². The molecule has 3 aromatic rings. The van der Waals surface area contributed by atoms with Crippen molar-refractivity contribution >= 4 is 45.3 Å². The van der Waals surface area contributed by atoms with E-state index in [2.05, 4.69) is 15.6 Å². The molecule has 15 heteroatoms. The predicted molar refractivity (Wildman–Crippen MR) is 180 cm³/mol. The summed E-state index contributed by atoms with van der Waals surface area (Å²) in [6.45, 7) is 5.52. The number of imidazole rings is 1. The molecule has 0 aliphatic heterocycles. The van der Waals surface area contributed by atoms with E-state index in [1.54, 1.807) is 30.5 Å². The second kappa shape index (κ2) is 18.3. The molecule has 0 fully saturated rings. The molecule has 2 aromatic carbocycles. The Morgan fingerprint density at radius 2 is 1.60 bits per heavy atom. The first-order valence-corrected chi connectivity index (χ1v) is 17.7. The zero-order valence-corrected chi connectivity index (χ0v) is 28.9. The van der Waals surface area contributed by atoms with Crippen LogP contribution in [-0.4, -0.2) is 59.9 Å². The van der Waals surface area contributed by atoms with E-state index in [9.17, 15) is 27.6 Å². The van der Waals surface area contributed by atoms with E-state index in [0.29, 0.717) is 24.4 Å². The second-order valence-electron chi connectivity index (χ2n) is 11.8. The number of hydrogen-bond donors (Lipinski definition) is 5. The van der Waals surface area contributed by atoms with E-state index in [0.717, 1.165) is 25.7 Å². The van der Waals surface area contributed by atoms with Crippen molar-refractivity contribution in [3.63, 3.8) is 0 Å². The third kappa shape index (κ3) is 11.2. The summed E-state index contributed by atoms with van der Waals surface area (Å²) in [6.07, 6.45) is 3.98. The van der Waals surface area contributed by atoms with E-state index in [1.807, 2.05) is 42.0 Å². The summed E-state index contributed by atoms with van der Waals surface area (Å²) in [6, 6.07) is 15.7. The molecule has 0 saturated heterocycles. The number of nitrogens with one attached hydrogen (secondary N) is 4. The number of carbonyl (C=O) groups is 4. The Hall–Kier alpha value is -4.27. The molecule has 1 unspecified atom stereocenters. The van der Waals surface area contributed by atoms with Crippen molar-refractivity contribution in [1.29, 1.82) is 0 Å². The zero-order valence-electron chi connectivity index (χ0n) is 27.3. The van der Waals surface area contributed by atoms with Crippen molar-refractivity contribution in [1.82, 2.24) is 30.4 Å². The molecule has 1 atom stereocenters. The van der Waals surface area contributed by atoms with Crippen LogP contribution in [0.4, 0.5) is 0 Å². The molecule has 48 heavy (non-hydrogen) atoms. The standard InChI is InChI=1S/C33H43ClN6O7S/c1-4-5-13-27-37-30(34)29(33(44)35-18-9-12-23-10-7-6-8-11-23)40(27)21-24-14-16-25(17-15-24)48(46,47)39-28(41)20-36-31(42)26(19-22(2)3)32(43)38-45/h6-8,10-11,14-17,22,26,45H,4-5,9,12-13,18-21H2,1-3H3,(H,35,44)(H,36,42)(H,38,43)(H,39,41). The van der Waals surface area contributed by atoms with Gasteiger partial charge in [0.2, 0.25) is 5.91 Å². The first-order chi connectivity index (χ1) is 22.9. The number of sulfonamides is 1. The molecule has 1 heterocycles. The fourth-order valence-corrected chi connectivity index (χ4v) is 6.25. The van der Waals surface area contributed by atoms with Gasteiger partial charge in [-0.05, 0) is 54.9 Å². The molecule has 260 valence electrons. The van der Waals surface area contributed by atoms with Gasteiger partial charge in [-0.25, -0.2) is 23.6 Å². The van der Waals surface area contributed by atoms with Crippen molar-refractivity contribution in [3.05, 3.63) is 82.4 Å². The number of benzene rings is 2. The summed E-state index contributed by atoms with van der Waals surface area (Å²) in [7, 11) is -4.30. The highest BCUT2D eigenvalue weighted by atomic mass is 35.5. The lowest BCUT2D eigenvalue weighted by Gasteiger charge is -2.16. The van der Waals surface area contributed by atoms with E-state index in [4.69, 9.17) is 16.8 Å². The number of hydroxylamine groups is 1. The molecule has 13 nitrogen and oxygen atoms in total. The fourth-order valence-electron chi connectivity index (χ4n) is 4.98. The number of aryl methyl sites for hydroxylation is 2. The van der Waals surface area contributed by atoms with Gasteiger partial charge in [0.15, 0.2) is 5.15 Å². The molecule has 0 bridgehead atoms. The van der Waals surface area contributed by atoms with Gasteiger partial charge >= 0.3 is 0 Å². The summed E-state index contributed by atoms with van der Waals surface area (Å²) >= 11 is 6.47. The highest BCUT2D eigenvalue weighted by Crippen LogP contribution is 2.22. The summed E-state index contributed by atoms with van der Waals surface area (Å²) in [4.78, 5) is 54.2. The van der Waals surface area contributed by atoms with Crippen LogP contribution in [0.3, 0.4) is 0 Å². The van der Waals surface area contributed by atoms with Crippen molar-refractivity contribution < 1.29 is 32.8 Å². The van der Waals surface area contributed by atoms with E-state index >= 15 is 0 Å². The molecule has 0 aliphatic rings. The largest absolute Gasteiger partial charge is 0.351 e. The van der Waals surface area contributed by atoms with Crippen molar-refractivity contribution in [3.8, 4) is 0 Å². The molecule has 0 spiro atoms. The summed E-state index contributed by atoms with van der Waals surface area (Å²) < 4.78 is 29.4. The first kappa shape index (κ1) is 38.2. The minimum Gasteiger partial charge on any atom is -0.351 e. The summed E-state index contributed by atoms with van der Waals surface area (Å²) in [5.74, 6) is -3.83. The Bertz CT molecular complexity index is 1660. The van der Waals surface area contributed by atoms with Crippen LogP contribution >= 0.6 is 11.6 Å². The lowest BCUT2D eigenvalue weighted by Crippen LogP contribution is -2.45. The van der Waals surface area contributed by atoms with Gasteiger partial charge in [-0.1, -0.05) is 81.3 Å². The van der Waals surface area contributed by atoms with Gasteiger partial charge in [0.25, 0.3) is 27.7 Å². The number of aromatic nitrogens is 2. The van der Waals surface area contributed by atoms with Crippen LogP contribution in [-0.2, 0) is 43.8 Å². The average molecular weight is 703 g/mol. The Balaban J connectivity index is 1.67. The smallest absolute Gasteiger partial charge is 0.271 e. The molecule has 4 amide bonds. The zero-order chi connectivity index (χ0) is 35.3. The summed E-state index contributed by atoms with van der Waals surface area (Å²) in [5.41, 5.74) is 3.49. The maximum Gasteiger partial charge on any atom is 0.271 e. The van der Waals surface area contributed by atoms with E-state index < -0.39 is 40.2 Å². The highest BCUT2D eigenvalue weighted by molar-refractivity contribution is 7.90. The molecular weight excluding hydrogens is 660 g/mol. The molecule has 0 aliphatic carbocycles. The van der Waals surface area contributed by atoms with Gasteiger partial charge < -0.3 is 15.2 Å².